The van der Waals surface area contributed by atoms with Crippen molar-refractivity contribution in [3.8, 4) is 11.1 Å². The van der Waals surface area contributed by atoms with Gasteiger partial charge in [-0.3, -0.25) is 19.7 Å². The standard InChI is InChI=1S/C29H30N6O3S/c1-19(36)32-24-7-3-6-23(15-24)22-5-2-4-21(14-22)18-30-17-20-9-12-35(13-10-20)28-31-11-8-25(33-28)16-26-27(37)34-29(38)39-26/h2-8,11,14-16,20,30H,9-10,12-13,17-18H2,1H3,(H,32,36)(H,34,37,38)/b26-16-. The molecular weight excluding hydrogens is 512 g/mol. The van der Waals surface area contributed by atoms with Gasteiger partial charge in [-0.25, -0.2) is 9.97 Å². The van der Waals surface area contributed by atoms with Gasteiger partial charge >= 0.3 is 0 Å². The van der Waals surface area contributed by atoms with Gasteiger partial charge in [0.15, 0.2) is 0 Å². The summed E-state index contributed by atoms with van der Waals surface area (Å²) in [5.74, 6) is 0.738. The Labute approximate surface area is 231 Å². The topological polar surface area (TPSA) is 116 Å². The number of imide groups is 1. The SMILES string of the molecule is CC(=O)Nc1cccc(-c2cccc(CNCC3CCN(c4nccc(/C=C5\SC(=O)NC5=O)n4)CC3)c2)c1. The van der Waals surface area contributed by atoms with Crippen LogP contribution in [0.1, 0.15) is 31.0 Å². The Morgan fingerprint density at radius 2 is 1.87 bits per heavy atom. The van der Waals surface area contributed by atoms with Crippen LogP contribution in [0.25, 0.3) is 17.2 Å². The minimum atomic E-state index is -0.388. The summed E-state index contributed by atoms with van der Waals surface area (Å²) in [5.41, 5.74) is 4.80. The number of aromatic nitrogens is 2. The molecule has 2 fully saturated rings. The summed E-state index contributed by atoms with van der Waals surface area (Å²) < 4.78 is 0. The molecule has 200 valence electrons. The van der Waals surface area contributed by atoms with Crippen LogP contribution in [-0.4, -0.2) is 46.7 Å². The predicted molar refractivity (Wildman–Crippen MR) is 154 cm³/mol. The second-order valence-corrected chi connectivity index (χ2v) is 10.7. The number of anilines is 2. The summed E-state index contributed by atoms with van der Waals surface area (Å²) in [6, 6.07) is 18.1. The van der Waals surface area contributed by atoms with Gasteiger partial charge in [0, 0.05) is 38.4 Å². The van der Waals surface area contributed by atoms with E-state index >= 15 is 0 Å². The van der Waals surface area contributed by atoms with Crippen molar-refractivity contribution in [1.82, 2.24) is 20.6 Å². The highest BCUT2D eigenvalue weighted by atomic mass is 32.2. The normalized spacial score (nSPS) is 16.9. The van der Waals surface area contributed by atoms with Gasteiger partial charge in [0.2, 0.25) is 11.9 Å². The largest absolute Gasteiger partial charge is 0.341 e. The lowest BCUT2D eigenvalue weighted by Gasteiger charge is -2.32. The Kier molecular flexibility index (Phi) is 8.33. The molecule has 5 rings (SSSR count). The first-order valence-corrected chi connectivity index (χ1v) is 13.7. The highest BCUT2D eigenvalue weighted by molar-refractivity contribution is 8.18. The van der Waals surface area contributed by atoms with Crippen LogP contribution in [0.3, 0.4) is 0 Å². The molecule has 39 heavy (non-hydrogen) atoms. The number of thioether (sulfide) groups is 1. The Hall–Kier alpha value is -4.02. The lowest BCUT2D eigenvalue weighted by molar-refractivity contribution is -0.115. The number of hydrogen-bond donors (Lipinski definition) is 3. The maximum absolute atomic E-state index is 11.8. The molecule has 9 nitrogen and oxygen atoms in total. The van der Waals surface area contributed by atoms with Crippen molar-refractivity contribution in [2.75, 3.05) is 29.9 Å². The van der Waals surface area contributed by atoms with E-state index in [4.69, 9.17) is 0 Å². The van der Waals surface area contributed by atoms with Crippen LogP contribution >= 0.6 is 11.8 Å². The Morgan fingerprint density at radius 1 is 1.10 bits per heavy atom. The first-order chi connectivity index (χ1) is 18.9. The number of carbonyl (C=O) groups is 3. The molecule has 3 amide bonds. The van der Waals surface area contributed by atoms with Gasteiger partial charge in [-0.05, 0) is 84.1 Å². The predicted octanol–water partition coefficient (Wildman–Crippen LogP) is 4.43. The maximum Gasteiger partial charge on any atom is 0.290 e. The summed E-state index contributed by atoms with van der Waals surface area (Å²) in [5, 5.41) is 8.36. The number of carbonyl (C=O) groups excluding carboxylic acids is 3. The molecule has 1 aromatic heterocycles. The highest BCUT2D eigenvalue weighted by Crippen LogP contribution is 2.27. The first-order valence-electron chi connectivity index (χ1n) is 12.9. The lowest BCUT2D eigenvalue weighted by Crippen LogP contribution is -2.38. The van der Waals surface area contributed by atoms with E-state index in [0.717, 1.165) is 67.6 Å². The van der Waals surface area contributed by atoms with E-state index in [1.807, 2.05) is 24.3 Å². The van der Waals surface area contributed by atoms with Crippen LogP contribution < -0.4 is 20.9 Å². The number of nitrogens with one attached hydrogen (secondary N) is 3. The molecule has 0 atom stereocenters. The average Bonchev–Trinajstić information content (AvgIpc) is 3.25. The minimum absolute atomic E-state index is 0.0812. The molecule has 3 aromatic rings. The van der Waals surface area contributed by atoms with Crippen molar-refractivity contribution < 1.29 is 14.4 Å². The Bertz CT molecular complexity index is 1420. The zero-order valence-corrected chi connectivity index (χ0v) is 22.5. The highest BCUT2D eigenvalue weighted by Gasteiger charge is 2.25. The van der Waals surface area contributed by atoms with Gasteiger partial charge in [-0.1, -0.05) is 30.3 Å². The molecule has 0 spiro atoms. The third kappa shape index (κ3) is 7.10. The van der Waals surface area contributed by atoms with Crippen LogP contribution in [0.15, 0.2) is 65.7 Å². The van der Waals surface area contributed by atoms with Crippen molar-refractivity contribution in [2.45, 2.75) is 26.3 Å². The third-order valence-electron chi connectivity index (χ3n) is 6.69. The number of amides is 3. The van der Waals surface area contributed by atoms with Gasteiger partial charge in [0.25, 0.3) is 11.1 Å². The smallest absolute Gasteiger partial charge is 0.290 e. The lowest BCUT2D eigenvalue weighted by atomic mass is 9.97. The summed E-state index contributed by atoms with van der Waals surface area (Å²) in [4.78, 5) is 46.2. The monoisotopic (exact) mass is 542 g/mol. The molecule has 0 aliphatic carbocycles. The fourth-order valence-corrected chi connectivity index (χ4v) is 5.42. The molecule has 2 saturated heterocycles. The van der Waals surface area contributed by atoms with Crippen LogP contribution in [0, 0.1) is 5.92 Å². The van der Waals surface area contributed by atoms with E-state index < -0.39 is 0 Å². The van der Waals surface area contributed by atoms with Gasteiger partial charge in [0.05, 0.1) is 10.6 Å². The summed E-state index contributed by atoms with van der Waals surface area (Å²) in [6.45, 7) is 4.95. The van der Waals surface area contributed by atoms with E-state index in [9.17, 15) is 14.4 Å². The van der Waals surface area contributed by atoms with Crippen molar-refractivity contribution in [3.05, 3.63) is 77.0 Å². The van der Waals surface area contributed by atoms with Crippen molar-refractivity contribution >= 4 is 46.5 Å². The summed E-state index contributed by atoms with van der Waals surface area (Å²) in [6.07, 6.45) is 5.38. The van der Waals surface area contributed by atoms with E-state index in [1.54, 1.807) is 18.3 Å². The van der Waals surface area contributed by atoms with E-state index in [0.29, 0.717) is 22.5 Å². The number of hydrogen-bond acceptors (Lipinski definition) is 8. The van der Waals surface area contributed by atoms with E-state index in [1.165, 1.54) is 12.5 Å². The molecule has 2 aromatic carbocycles. The third-order valence-corrected chi connectivity index (χ3v) is 7.50. The van der Waals surface area contributed by atoms with Crippen molar-refractivity contribution in [3.63, 3.8) is 0 Å². The average molecular weight is 543 g/mol. The van der Waals surface area contributed by atoms with Crippen LogP contribution in [0.4, 0.5) is 16.4 Å². The number of rotatable bonds is 8. The molecule has 3 heterocycles. The van der Waals surface area contributed by atoms with Gasteiger partial charge in [0.1, 0.15) is 0 Å². The molecule has 3 N–H and O–H groups in total. The van der Waals surface area contributed by atoms with Crippen LogP contribution in [0.5, 0.6) is 0 Å². The zero-order valence-electron chi connectivity index (χ0n) is 21.6. The van der Waals surface area contributed by atoms with E-state index in [-0.39, 0.29) is 17.1 Å². The molecular formula is C29H30N6O3S. The minimum Gasteiger partial charge on any atom is -0.341 e. The number of nitrogens with zero attached hydrogens (tertiary/aromatic N) is 3. The second-order valence-electron chi connectivity index (χ2n) is 9.66. The fraction of sp³-hybridized carbons (Fsp3) is 0.276. The molecule has 0 saturated carbocycles. The molecule has 0 radical (unpaired) electrons. The molecule has 0 bridgehead atoms. The van der Waals surface area contributed by atoms with Gasteiger partial charge in [-0.2, -0.15) is 0 Å². The summed E-state index contributed by atoms with van der Waals surface area (Å²) in [7, 11) is 0. The quantitative estimate of drug-likeness (QED) is 0.358. The number of piperidine rings is 1. The van der Waals surface area contributed by atoms with Crippen LogP contribution in [0.2, 0.25) is 0 Å². The van der Waals surface area contributed by atoms with E-state index in [2.05, 4.69) is 55.1 Å². The van der Waals surface area contributed by atoms with Crippen molar-refractivity contribution in [2.24, 2.45) is 5.92 Å². The van der Waals surface area contributed by atoms with Crippen molar-refractivity contribution in [1.29, 1.82) is 0 Å². The Morgan fingerprint density at radius 3 is 2.62 bits per heavy atom. The zero-order chi connectivity index (χ0) is 27.2. The Balaban J connectivity index is 1.11. The van der Waals surface area contributed by atoms with Gasteiger partial charge < -0.3 is 15.5 Å². The first kappa shape index (κ1) is 26.6. The number of benzene rings is 2. The molecule has 10 heteroatoms. The molecule has 2 aliphatic heterocycles. The molecule has 0 unspecified atom stereocenters. The molecule has 2 aliphatic rings. The summed E-state index contributed by atoms with van der Waals surface area (Å²) >= 11 is 0.885. The van der Waals surface area contributed by atoms with Crippen LogP contribution in [-0.2, 0) is 16.1 Å². The second kappa shape index (κ2) is 12.2. The maximum atomic E-state index is 11.8. The van der Waals surface area contributed by atoms with Gasteiger partial charge in [-0.15, -0.1) is 0 Å². The fourth-order valence-electron chi connectivity index (χ4n) is 4.75.